The van der Waals surface area contributed by atoms with Gasteiger partial charge in [0.1, 0.15) is 11.5 Å². The van der Waals surface area contributed by atoms with Gasteiger partial charge >= 0.3 is 0 Å². The molecule has 136 valence electrons. The van der Waals surface area contributed by atoms with Crippen molar-refractivity contribution in [3.63, 3.8) is 0 Å². The highest BCUT2D eigenvalue weighted by molar-refractivity contribution is 7.93. The van der Waals surface area contributed by atoms with Crippen LogP contribution in [-0.2, 0) is 9.73 Å². The summed E-state index contributed by atoms with van der Waals surface area (Å²) in [7, 11) is 0.506. The molecular formula is C18H19N3O4S. The maximum absolute atomic E-state index is 13.0. The van der Waals surface area contributed by atoms with Gasteiger partial charge in [-0.3, -0.25) is 0 Å². The van der Waals surface area contributed by atoms with Gasteiger partial charge in [-0.05, 0) is 36.4 Å². The smallest absolute Gasteiger partial charge is 0.223 e. The summed E-state index contributed by atoms with van der Waals surface area (Å²) in [6.07, 6.45) is 1.59. The second kappa shape index (κ2) is 7.17. The Bertz CT molecular complexity index is 1030. The van der Waals surface area contributed by atoms with Crippen LogP contribution >= 0.6 is 0 Å². The van der Waals surface area contributed by atoms with E-state index in [0.29, 0.717) is 39.4 Å². The lowest BCUT2D eigenvalue weighted by Crippen LogP contribution is -1.97. The van der Waals surface area contributed by atoms with E-state index in [9.17, 15) is 4.21 Å². The first kappa shape index (κ1) is 17.9. The van der Waals surface area contributed by atoms with Crippen LogP contribution in [0.25, 0.3) is 11.4 Å². The molecule has 1 heterocycles. The number of benzene rings is 2. The molecule has 3 aromatic rings. The molecule has 26 heavy (non-hydrogen) atoms. The monoisotopic (exact) mass is 373 g/mol. The summed E-state index contributed by atoms with van der Waals surface area (Å²) in [5.74, 6) is 2.12. The molecule has 2 aromatic carbocycles. The molecule has 1 unspecified atom stereocenters. The van der Waals surface area contributed by atoms with Crippen LogP contribution in [0.5, 0.6) is 11.5 Å². The zero-order chi connectivity index (χ0) is 18.7. The third-order valence-electron chi connectivity index (χ3n) is 3.73. The summed E-state index contributed by atoms with van der Waals surface area (Å²) in [6.45, 7) is 1.72. The van der Waals surface area contributed by atoms with Crippen molar-refractivity contribution in [2.24, 2.45) is 4.36 Å². The molecule has 8 heteroatoms. The van der Waals surface area contributed by atoms with Gasteiger partial charge < -0.3 is 14.0 Å². The Morgan fingerprint density at radius 3 is 2.38 bits per heavy atom. The highest BCUT2D eigenvalue weighted by Crippen LogP contribution is 2.33. The molecule has 0 aliphatic carbocycles. The van der Waals surface area contributed by atoms with Crippen molar-refractivity contribution in [1.29, 1.82) is 0 Å². The predicted molar refractivity (Wildman–Crippen MR) is 98.4 cm³/mol. The Morgan fingerprint density at radius 2 is 1.81 bits per heavy atom. The summed E-state index contributed by atoms with van der Waals surface area (Å²) in [5, 5.41) is 3.90. The molecule has 0 spiro atoms. The minimum Gasteiger partial charge on any atom is -0.497 e. The van der Waals surface area contributed by atoms with Crippen LogP contribution < -0.4 is 9.47 Å². The number of ether oxygens (including phenoxy) is 2. The van der Waals surface area contributed by atoms with Crippen molar-refractivity contribution < 1.29 is 18.2 Å². The second-order valence-electron chi connectivity index (χ2n) is 5.59. The topological polar surface area (TPSA) is 86.8 Å². The van der Waals surface area contributed by atoms with Crippen molar-refractivity contribution in [1.82, 2.24) is 10.1 Å². The third-order valence-corrected chi connectivity index (χ3v) is 5.44. The Hall–Kier alpha value is -2.87. The van der Waals surface area contributed by atoms with Gasteiger partial charge in [0, 0.05) is 24.1 Å². The van der Waals surface area contributed by atoms with E-state index in [4.69, 9.17) is 14.0 Å². The molecule has 0 aliphatic rings. The molecule has 0 radical (unpaired) electrons. The largest absolute Gasteiger partial charge is 0.497 e. The van der Waals surface area contributed by atoms with Gasteiger partial charge in [0.2, 0.25) is 11.7 Å². The van der Waals surface area contributed by atoms with Gasteiger partial charge in [0.05, 0.1) is 35.2 Å². The van der Waals surface area contributed by atoms with Crippen molar-refractivity contribution in [3.8, 4) is 22.9 Å². The predicted octanol–water partition coefficient (Wildman–Crippen LogP) is 3.85. The zero-order valence-corrected chi connectivity index (χ0v) is 15.7. The summed E-state index contributed by atoms with van der Waals surface area (Å²) in [5.41, 5.74) is 1.21. The van der Waals surface area contributed by atoms with E-state index < -0.39 is 9.73 Å². The summed E-state index contributed by atoms with van der Waals surface area (Å²) < 4.78 is 33.0. The van der Waals surface area contributed by atoms with Crippen LogP contribution in [0.4, 0.5) is 5.69 Å². The molecule has 0 fully saturated rings. The number of aryl methyl sites for hydroxylation is 1. The maximum Gasteiger partial charge on any atom is 0.223 e. The molecule has 0 saturated heterocycles. The average molecular weight is 373 g/mol. The van der Waals surface area contributed by atoms with Crippen LogP contribution in [0.3, 0.4) is 0 Å². The van der Waals surface area contributed by atoms with Crippen molar-refractivity contribution in [2.75, 3.05) is 20.5 Å². The first-order valence-electron chi connectivity index (χ1n) is 7.78. The third kappa shape index (κ3) is 3.70. The van der Waals surface area contributed by atoms with Gasteiger partial charge in [-0.1, -0.05) is 5.16 Å². The van der Waals surface area contributed by atoms with Gasteiger partial charge in [-0.15, -0.1) is 0 Å². The SMILES string of the molecule is COc1ccc(S(C)(=O)=Nc2ccc(-c3noc(C)n3)c(OC)c2)cc1. The van der Waals surface area contributed by atoms with Gasteiger partial charge in [-0.2, -0.15) is 9.35 Å². The highest BCUT2D eigenvalue weighted by Gasteiger charge is 2.14. The lowest BCUT2D eigenvalue weighted by atomic mass is 10.1. The summed E-state index contributed by atoms with van der Waals surface area (Å²) in [4.78, 5) is 4.82. The Morgan fingerprint density at radius 1 is 1.08 bits per heavy atom. The van der Waals surface area contributed by atoms with Gasteiger partial charge in [0.25, 0.3) is 0 Å². The van der Waals surface area contributed by atoms with Crippen LogP contribution in [0.15, 0.2) is 56.2 Å². The van der Waals surface area contributed by atoms with E-state index in [-0.39, 0.29) is 0 Å². The second-order valence-corrected chi connectivity index (χ2v) is 7.85. The molecule has 7 nitrogen and oxygen atoms in total. The van der Waals surface area contributed by atoms with Crippen molar-refractivity contribution >= 4 is 15.4 Å². The normalized spacial score (nSPS) is 13.1. The quantitative estimate of drug-likeness (QED) is 0.675. The van der Waals surface area contributed by atoms with Gasteiger partial charge in [-0.25, -0.2) is 4.21 Å². The highest BCUT2D eigenvalue weighted by atomic mass is 32.2. The molecule has 0 bridgehead atoms. The fraction of sp³-hybridized carbons (Fsp3) is 0.222. The van der Waals surface area contributed by atoms with Crippen LogP contribution in [0.2, 0.25) is 0 Å². The number of nitrogens with zero attached hydrogens (tertiary/aromatic N) is 3. The van der Waals surface area contributed by atoms with Crippen LogP contribution in [0, 0.1) is 6.92 Å². The summed E-state index contributed by atoms with van der Waals surface area (Å²) in [6, 6.07) is 12.2. The molecule has 3 rings (SSSR count). The van der Waals surface area contributed by atoms with E-state index in [1.807, 2.05) is 0 Å². The number of rotatable bonds is 5. The van der Waals surface area contributed by atoms with E-state index in [1.54, 1.807) is 69.9 Å². The van der Waals surface area contributed by atoms with E-state index in [0.717, 1.165) is 0 Å². The Balaban J connectivity index is 2.00. The Labute approximate surface area is 152 Å². The zero-order valence-electron chi connectivity index (χ0n) is 14.9. The molecular weight excluding hydrogens is 354 g/mol. The number of methoxy groups -OCH3 is 2. The molecule has 1 aromatic heterocycles. The molecule has 0 amide bonds. The van der Waals surface area contributed by atoms with E-state index >= 15 is 0 Å². The number of aromatic nitrogens is 2. The van der Waals surface area contributed by atoms with Crippen LogP contribution in [-0.4, -0.2) is 34.8 Å². The standard InChI is InChI=1S/C18H19N3O4S/c1-12-19-18(20-25-12)16-10-5-13(11-17(16)24-3)21-26(4,22)15-8-6-14(23-2)7-9-15/h5-11H,1-4H3. The molecule has 0 N–H and O–H groups in total. The minimum absolute atomic E-state index is 0.429. The van der Waals surface area contributed by atoms with Crippen molar-refractivity contribution in [3.05, 3.63) is 48.4 Å². The lowest BCUT2D eigenvalue weighted by molar-refractivity contribution is 0.393. The van der Waals surface area contributed by atoms with E-state index in [1.165, 1.54) is 0 Å². The number of hydrogen-bond acceptors (Lipinski definition) is 7. The lowest BCUT2D eigenvalue weighted by Gasteiger charge is -2.08. The molecule has 0 aliphatic heterocycles. The fourth-order valence-electron chi connectivity index (χ4n) is 2.41. The molecule has 1 atom stereocenters. The first-order valence-corrected chi connectivity index (χ1v) is 9.70. The van der Waals surface area contributed by atoms with Gasteiger partial charge in [0.15, 0.2) is 0 Å². The maximum atomic E-state index is 13.0. The molecule has 0 saturated carbocycles. The average Bonchev–Trinajstić information content (AvgIpc) is 3.07. The summed E-state index contributed by atoms with van der Waals surface area (Å²) >= 11 is 0. The first-order chi connectivity index (χ1) is 12.4. The van der Waals surface area contributed by atoms with Crippen molar-refractivity contribution in [2.45, 2.75) is 11.8 Å². The van der Waals surface area contributed by atoms with E-state index in [2.05, 4.69) is 14.5 Å². The number of hydrogen-bond donors (Lipinski definition) is 0. The van der Waals surface area contributed by atoms with Crippen LogP contribution in [0.1, 0.15) is 5.89 Å². The Kier molecular flexibility index (Phi) is 4.94. The minimum atomic E-state index is -2.62. The fourth-order valence-corrected chi connectivity index (χ4v) is 3.67.